The summed E-state index contributed by atoms with van der Waals surface area (Å²) in [5, 5.41) is 2.67. The molecule has 2 aliphatic rings. The summed E-state index contributed by atoms with van der Waals surface area (Å²) >= 11 is 0. The molecule has 31 heavy (non-hydrogen) atoms. The maximum atomic E-state index is 14.9. The van der Waals surface area contributed by atoms with E-state index in [4.69, 9.17) is 16.2 Å². The van der Waals surface area contributed by atoms with Crippen LogP contribution in [0.25, 0.3) is 0 Å². The third-order valence-corrected chi connectivity index (χ3v) is 8.78. The van der Waals surface area contributed by atoms with Gasteiger partial charge in [-0.15, -0.1) is 6.42 Å². The van der Waals surface area contributed by atoms with Crippen LogP contribution in [-0.4, -0.2) is 38.3 Å². The Kier molecular flexibility index (Phi) is 5.72. The summed E-state index contributed by atoms with van der Waals surface area (Å²) in [4.78, 5) is 17.3. The molecule has 1 N–H and O–H groups in total. The van der Waals surface area contributed by atoms with E-state index in [1.807, 2.05) is 0 Å². The third kappa shape index (κ3) is 4.77. The van der Waals surface area contributed by atoms with Gasteiger partial charge < -0.3 is 4.74 Å². The zero-order valence-electron chi connectivity index (χ0n) is 18.9. The van der Waals surface area contributed by atoms with Crippen LogP contribution in [0.15, 0.2) is 27.6 Å². The fourth-order valence-corrected chi connectivity index (χ4v) is 6.23. The lowest BCUT2D eigenvalue weighted by atomic mass is 9.92. The molecule has 1 aromatic rings. The minimum absolute atomic E-state index is 0.0128. The van der Waals surface area contributed by atoms with Crippen LogP contribution in [-0.2, 0) is 20.0 Å². The molecule has 1 aliphatic heterocycles. The molecule has 2 atom stereocenters. The molecule has 0 aromatic heterocycles. The monoisotopic (exact) mass is 447 g/mol. The van der Waals surface area contributed by atoms with E-state index in [-0.39, 0.29) is 23.2 Å². The number of alkyl carbamates (subject to hydrolysis) is 1. The largest absolute Gasteiger partial charge is 0.444 e. The molecule has 3 rings (SSSR count). The van der Waals surface area contributed by atoms with Crippen LogP contribution < -0.4 is 5.32 Å². The molecule has 0 bridgehead atoms. The number of terminal acetylenes is 1. The van der Waals surface area contributed by atoms with E-state index in [0.29, 0.717) is 5.56 Å². The number of nitrogens with one attached hydrogen (secondary N) is 1. The van der Waals surface area contributed by atoms with Crippen molar-refractivity contribution in [1.29, 1.82) is 0 Å². The molecule has 6 nitrogen and oxygen atoms in total. The molecule has 0 spiro atoms. The van der Waals surface area contributed by atoms with Crippen LogP contribution in [0.5, 0.6) is 0 Å². The molecule has 1 aromatic carbocycles. The number of benzene rings is 1. The summed E-state index contributed by atoms with van der Waals surface area (Å²) in [5.74, 6) is 2.18. The van der Waals surface area contributed by atoms with E-state index in [0.717, 1.165) is 12.8 Å². The lowest BCUT2D eigenvalue weighted by Crippen LogP contribution is -2.58. The van der Waals surface area contributed by atoms with Gasteiger partial charge in [-0.2, -0.15) is 0 Å². The topological polar surface area (TPSA) is 80.1 Å². The van der Waals surface area contributed by atoms with Crippen molar-refractivity contribution in [2.24, 2.45) is 9.36 Å². The van der Waals surface area contributed by atoms with Crippen LogP contribution in [0.3, 0.4) is 0 Å². The maximum absolute atomic E-state index is 14.9. The number of amidine groups is 1. The van der Waals surface area contributed by atoms with E-state index in [1.54, 1.807) is 47.6 Å². The second-order valence-electron chi connectivity index (χ2n) is 9.83. The average molecular weight is 448 g/mol. The number of nitrogens with zero attached hydrogens (tertiary/aromatic N) is 2. The molecule has 0 radical (unpaired) electrons. The van der Waals surface area contributed by atoms with Gasteiger partial charge in [0.1, 0.15) is 27.5 Å². The second-order valence-corrected chi connectivity index (χ2v) is 12.6. The fourth-order valence-electron chi connectivity index (χ4n) is 3.46. The van der Waals surface area contributed by atoms with Gasteiger partial charge in [0.2, 0.25) is 0 Å². The van der Waals surface area contributed by atoms with Gasteiger partial charge in [0.25, 0.3) is 0 Å². The van der Waals surface area contributed by atoms with Gasteiger partial charge in [-0.05, 0) is 72.6 Å². The first kappa shape index (κ1) is 23.3. The molecule has 0 unspecified atom stereocenters. The summed E-state index contributed by atoms with van der Waals surface area (Å²) in [6.45, 7) is 10.4. The molecule has 1 heterocycles. The third-order valence-electron chi connectivity index (χ3n) is 5.40. The SMILES string of the molecule is C#Cc1ccc(F)c([C@]2(C)C[S@@](=O)(=NC3CC3)C(C)(C)C(NC(=O)OC(C)(C)C)=N2)c1. The molecular formula is C23H30FN3O3S. The van der Waals surface area contributed by atoms with E-state index < -0.39 is 37.5 Å². The van der Waals surface area contributed by atoms with Gasteiger partial charge in [-0.25, -0.2) is 17.8 Å². The zero-order valence-corrected chi connectivity index (χ0v) is 19.7. The Bertz CT molecular complexity index is 1100. The molecule has 8 heteroatoms. The van der Waals surface area contributed by atoms with Crippen LogP contribution >= 0.6 is 0 Å². The highest BCUT2D eigenvalue weighted by Gasteiger charge is 2.50. The number of hydrogen-bond donors (Lipinski definition) is 1. The Morgan fingerprint density at radius 2 is 2.00 bits per heavy atom. The number of carbonyl (C=O) groups is 1. The van der Waals surface area contributed by atoms with Gasteiger partial charge in [0.05, 0.1) is 21.5 Å². The Morgan fingerprint density at radius 1 is 1.35 bits per heavy atom. The number of halogens is 1. The number of aliphatic imine (C=N–C) groups is 1. The minimum atomic E-state index is -2.93. The first-order valence-corrected chi connectivity index (χ1v) is 12.0. The van der Waals surface area contributed by atoms with Gasteiger partial charge in [0, 0.05) is 11.1 Å². The number of rotatable bonds is 2. The van der Waals surface area contributed by atoms with Crippen LogP contribution in [0.4, 0.5) is 9.18 Å². The first-order chi connectivity index (χ1) is 14.2. The molecular weight excluding hydrogens is 417 g/mol. The molecule has 0 saturated heterocycles. The predicted octanol–water partition coefficient (Wildman–Crippen LogP) is 4.37. The van der Waals surface area contributed by atoms with Gasteiger partial charge in [-0.3, -0.25) is 10.3 Å². The highest BCUT2D eigenvalue weighted by Crippen LogP contribution is 2.41. The van der Waals surface area contributed by atoms with E-state index in [2.05, 4.69) is 15.6 Å². The second kappa shape index (κ2) is 7.63. The van der Waals surface area contributed by atoms with E-state index >= 15 is 0 Å². The van der Waals surface area contributed by atoms with Gasteiger partial charge in [-0.1, -0.05) is 5.92 Å². The van der Waals surface area contributed by atoms with Crippen molar-refractivity contribution in [2.45, 2.75) is 76.3 Å². The molecule has 1 saturated carbocycles. The Morgan fingerprint density at radius 3 is 2.55 bits per heavy atom. The predicted molar refractivity (Wildman–Crippen MR) is 121 cm³/mol. The van der Waals surface area contributed by atoms with Crippen molar-refractivity contribution in [3.05, 3.63) is 35.1 Å². The van der Waals surface area contributed by atoms with Gasteiger partial charge in [0.15, 0.2) is 0 Å². The average Bonchev–Trinajstić information content (AvgIpc) is 3.42. The summed E-state index contributed by atoms with van der Waals surface area (Å²) in [6.07, 6.45) is 6.54. The zero-order chi connectivity index (χ0) is 23.2. The van der Waals surface area contributed by atoms with Crippen molar-refractivity contribution in [1.82, 2.24) is 5.32 Å². The normalized spacial score (nSPS) is 27.6. The van der Waals surface area contributed by atoms with Crippen molar-refractivity contribution in [3.8, 4) is 12.3 Å². The van der Waals surface area contributed by atoms with Crippen molar-refractivity contribution in [2.75, 3.05) is 5.75 Å². The lowest BCUT2D eigenvalue weighted by molar-refractivity contribution is 0.0560. The number of carbonyl (C=O) groups excluding carboxylic acids is 1. The first-order valence-electron chi connectivity index (χ1n) is 10.3. The summed E-state index contributed by atoms with van der Waals surface area (Å²) in [6, 6.07) is 4.34. The lowest BCUT2D eigenvalue weighted by Gasteiger charge is -2.42. The highest BCUT2D eigenvalue weighted by molar-refractivity contribution is 7.95. The quantitative estimate of drug-likeness (QED) is 0.684. The summed E-state index contributed by atoms with van der Waals surface area (Å²) in [5.41, 5.74) is -1.24. The number of amides is 1. The Labute approximate surface area is 184 Å². The minimum Gasteiger partial charge on any atom is -0.444 e. The van der Waals surface area contributed by atoms with Crippen LogP contribution in [0, 0.1) is 18.2 Å². The van der Waals surface area contributed by atoms with Crippen molar-refractivity contribution >= 4 is 21.7 Å². The standard InChI is InChI=1S/C23H30FN3O3S/c1-8-15-9-12-18(24)17(13-15)23(7)14-31(29,27-16-10-11-16)22(5,6)19(26-23)25-20(28)30-21(2,3)4/h1,9,12-13,16H,10-11,14H2,2-7H3,(H,25,26,28)/t23-,31-/m0/s1. The summed E-state index contributed by atoms with van der Waals surface area (Å²) < 4.78 is 38.1. The fraction of sp³-hybridized carbons (Fsp3) is 0.565. The smallest absolute Gasteiger partial charge is 0.413 e. The molecule has 1 amide bonds. The number of hydrogen-bond acceptors (Lipinski definition) is 5. The molecule has 1 aliphatic carbocycles. The Balaban J connectivity index is 2.17. The number of ether oxygens (including phenoxy) is 1. The molecule has 1 fully saturated rings. The van der Waals surface area contributed by atoms with Crippen LogP contribution in [0.1, 0.15) is 65.5 Å². The van der Waals surface area contributed by atoms with Crippen molar-refractivity contribution < 1.29 is 18.1 Å². The van der Waals surface area contributed by atoms with Crippen LogP contribution in [0.2, 0.25) is 0 Å². The maximum Gasteiger partial charge on any atom is 0.413 e. The summed E-state index contributed by atoms with van der Waals surface area (Å²) in [7, 11) is -2.93. The highest BCUT2D eigenvalue weighted by atomic mass is 32.2. The van der Waals surface area contributed by atoms with E-state index in [9.17, 15) is 13.4 Å². The molecule has 168 valence electrons. The van der Waals surface area contributed by atoms with E-state index in [1.165, 1.54) is 12.1 Å². The van der Waals surface area contributed by atoms with Crippen molar-refractivity contribution in [3.63, 3.8) is 0 Å². The Hall–Kier alpha value is -2.40. The van der Waals surface area contributed by atoms with Gasteiger partial charge >= 0.3 is 6.09 Å².